The number of aliphatic hydroxyl groups is 1. The molecule has 0 amide bonds. The lowest BCUT2D eigenvalue weighted by molar-refractivity contribution is 0.164. The van der Waals surface area contributed by atoms with E-state index in [-0.39, 0.29) is 12.6 Å². The molecule has 1 aliphatic rings. The SMILES string of the molecule is COCCN(C(C)C1CC1)S(=O)(=O)c1cc(CO)cs1. The second-order valence-corrected chi connectivity index (χ2v) is 8.15. The van der Waals surface area contributed by atoms with Crippen LogP contribution in [0, 0.1) is 5.92 Å². The lowest BCUT2D eigenvalue weighted by atomic mass is 10.2. The Morgan fingerprint density at radius 1 is 1.55 bits per heavy atom. The minimum absolute atomic E-state index is 0.00479. The molecule has 0 aromatic carbocycles. The summed E-state index contributed by atoms with van der Waals surface area (Å²) in [7, 11) is -1.94. The minimum Gasteiger partial charge on any atom is -0.392 e. The van der Waals surface area contributed by atoms with Crippen LogP contribution in [0.3, 0.4) is 0 Å². The van der Waals surface area contributed by atoms with Crippen LogP contribution in [0.25, 0.3) is 0 Å². The van der Waals surface area contributed by atoms with Crippen molar-refractivity contribution in [3.05, 3.63) is 17.0 Å². The first kappa shape index (κ1) is 15.9. The van der Waals surface area contributed by atoms with E-state index in [2.05, 4.69) is 0 Å². The molecular formula is C13H21NO4S2. The summed E-state index contributed by atoms with van der Waals surface area (Å²) >= 11 is 1.16. The fourth-order valence-corrected chi connectivity index (χ4v) is 5.23. The number of aliphatic hydroxyl groups excluding tert-OH is 1. The third-order valence-corrected chi connectivity index (χ3v) is 7.10. The van der Waals surface area contributed by atoms with Gasteiger partial charge in [0.05, 0.1) is 13.2 Å². The standard InChI is InChI=1S/C13H21NO4S2/c1-10(12-3-4-12)14(5-6-18-2)20(16,17)13-7-11(8-15)9-19-13/h7,9-10,12,15H,3-6,8H2,1-2H3. The normalized spacial score (nSPS) is 17.6. The quantitative estimate of drug-likeness (QED) is 0.791. The van der Waals surface area contributed by atoms with E-state index in [9.17, 15) is 8.42 Å². The molecule has 7 heteroatoms. The highest BCUT2D eigenvalue weighted by Crippen LogP contribution is 2.37. The number of nitrogens with zero attached hydrogens (tertiary/aromatic N) is 1. The van der Waals surface area contributed by atoms with Crippen LogP contribution in [0.4, 0.5) is 0 Å². The summed E-state index contributed by atoms with van der Waals surface area (Å²) in [5, 5.41) is 10.8. The first-order chi connectivity index (χ1) is 9.50. The van der Waals surface area contributed by atoms with E-state index < -0.39 is 10.0 Å². The van der Waals surface area contributed by atoms with E-state index in [1.165, 1.54) is 0 Å². The maximum absolute atomic E-state index is 12.7. The zero-order valence-corrected chi connectivity index (χ0v) is 13.4. The Morgan fingerprint density at radius 3 is 2.75 bits per heavy atom. The molecule has 1 fully saturated rings. The van der Waals surface area contributed by atoms with Crippen molar-refractivity contribution in [2.45, 2.75) is 36.6 Å². The third kappa shape index (κ3) is 3.40. The van der Waals surface area contributed by atoms with Gasteiger partial charge < -0.3 is 9.84 Å². The number of thiophene rings is 1. The molecule has 1 aromatic heterocycles. The van der Waals surface area contributed by atoms with Crippen LogP contribution in [0.15, 0.2) is 15.7 Å². The van der Waals surface area contributed by atoms with Gasteiger partial charge in [0, 0.05) is 19.7 Å². The van der Waals surface area contributed by atoms with Crippen LogP contribution in [0.2, 0.25) is 0 Å². The lowest BCUT2D eigenvalue weighted by Gasteiger charge is -2.27. The fraction of sp³-hybridized carbons (Fsp3) is 0.692. The Morgan fingerprint density at radius 2 is 2.25 bits per heavy atom. The molecule has 1 aliphatic carbocycles. The largest absolute Gasteiger partial charge is 0.392 e. The Hall–Kier alpha value is -0.470. The molecule has 1 aromatic rings. The molecule has 1 heterocycles. The second-order valence-electron chi connectivity index (χ2n) is 5.12. The Labute approximate surface area is 124 Å². The van der Waals surface area contributed by atoms with Crippen molar-refractivity contribution in [1.82, 2.24) is 4.31 Å². The van der Waals surface area contributed by atoms with Crippen LogP contribution >= 0.6 is 11.3 Å². The van der Waals surface area contributed by atoms with Gasteiger partial charge in [0.25, 0.3) is 10.0 Å². The van der Waals surface area contributed by atoms with Gasteiger partial charge in [-0.1, -0.05) is 0 Å². The summed E-state index contributed by atoms with van der Waals surface area (Å²) < 4.78 is 32.4. The van der Waals surface area contributed by atoms with E-state index in [0.29, 0.717) is 28.8 Å². The van der Waals surface area contributed by atoms with E-state index in [4.69, 9.17) is 9.84 Å². The minimum atomic E-state index is -3.51. The Bertz CT molecular complexity index is 536. The number of hydrogen-bond acceptors (Lipinski definition) is 5. The molecule has 5 nitrogen and oxygen atoms in total. The van der Waals surface area contributed by atoms with Crippen molar-refractivity contribution < 1.29 is 18.3 Å². The smallest absolute Gasteiger partial charge is 0.252 e. The van der Waals surface area contributed by atoms with Gasteiger partial charge in [-0.05, 0) is 42.7 Å². The number of hydrogen-bond donors (Lipinski definition) is 1. The summed E-state index contributed by atoms with van der Waals surface area (Å²) in [5.41, 5.74) is 0.638. The predicted molar refractivity (Wildman–Crippen MR) is 78.2 cm³/mol. The van der Waals surface area contributed by atoms with Crippen molar-refractivity contribution in [1.29, 1.82) is 0 Å². The van der Waals surface area contributed by atoms with Crippen LogP contribution in [-0.2, 0) is 21.4 Å². The first-order valence-corrected chi connectivity index (χ1v) is 9.01. The van der Waals surface area contributed by atoms with E-state index in [0.717, 1.165) is 24.2 Å². The van der Waals surface area contributed by atoms with Crippen LogP contribution in [0.5, 0.6) is 0 Å². The zero-order valence-electron chi connectivity index (χ0n) is 11.8. The van der Waals surface area contributed by atoms with Crippen LogP contribution in [-0.4, -0.2) is 44.1 Å². The van der Waals surface area contributed by atoms with Crippen LogP contribution < -0.4 is 0 Å². The van der Waals surface area contributed by atoms with Crippen molar-refractivity contribution in [2.24, 2.45) is 5.92 Å². The lowest BCUT2D eigenvalue weighted by Crippen LogP contribution is -2.41. The van der Waals surface area contributed by atoms with E-state index in [1.807, 2.05) is 6.92 Å². The molecule has 1 unspecified atom stereocenters. The summed E-state index contributed by atoms with van der Waals surface area (Å²) in [5.74, 6) is 0.457. The van der Waals surface area contributed by atoms with Gasteiger partial charge in [-0.3, -0.25) is 0 Å². The van der Waals surface area contributed by atoms with E-state index >= 15 is 0 Å². The highest BCUT2D eigenvalue weighted by Gasteiger charge is 2.38. The van der Waals surface area contributed by atoms with Gasteiger partial charge in [-0.25, -0.2) is 8.42 Å². The zero-order chi connectivity index (χ0) is 14.8. The summed E-state index contributed by atoms with van der Waals surface area (Å²) in [6.45, 7) is 2.57. The number of rotatable bonds is 8. The molecule has 20 heavy (non-hydrogen) atoms. The average molecular weight is 319 g/mol. The van der Waals surface area contributed by atoms with Crippen molar-refractivity contribution in [2.75, 3.05) is 20.3 Å². The number of sulfonamides is 1. The highest BCUT2D eigenvalue weighted by atomic mass is 32.2. The molecule has 1 N–H and O–H groups in total. The van der Waals surface area contributed by atoms with Crippen molar-refractivity contribution >= 4 is 21.4 Å². The summed E-state index contributed by atoms with van der Waals surface area (Å²) in [4.78, 5) is 0. The second kappa shape index (κ2) is 6.53. The average Bonchev–Trinajstić information content (AvgIpc) is 3.15. The summed E-state index contributed by atoms with van der Waals surface area (Å²) in [6.07, 6.45) is 2.18. The molecular weight excluding hydrogens is 298 g/mol. The van der Waals surface area contributed by atoms with Gasteiger partial charge in [0.1, 0.15) is 4.21 Å². The molecule has 0 spiro atoms. The van der Waals surface area contributed by atoms with E-state index in [1.54, 1.807) is 22.9 Å². The molecule has 114 valence electrons. The molecule has 2 rings (SSSR count). The van der Waals surface area contributed by atoms with Crippen molar-refractivity contribution in [3.63, 3.8) is 0 Å². The summed E-state index contributed by atoms with van der Waals surface area (Å²) in [6, 6.07) is 1.55. The molecule has 0 saturated heterocycles. The third-order valence-electron chi connectivity index (χ3n) is 3.65. The monoisotopic (exact) mass is 319 g/mol. The Balaban J connectivity index is 2.24. The maximum Gasteiger partial charge on any atom is 0.252 e. The van der Waals surface area contributed by atoms with Gasteiger partial charge in [0.2, 0.25) is 0 Å². The molecule has 1 saturated carbocycles. The fourth-order valence-electron chi connectivity index (χ4n) is 2.22. The number of ether oxygens (including phenoxy) is 1. The van der Waals surface area contributed by atoms with Crippen LogP contribution in [0.1, 0.15) is 25.3 Å². The Kier molecular flexibility index (Phi) is 5.19. The van der Waals surface area contributed by atoms with Gasteiger partial charge in [0.15, 0.2) is 0 Å². The molecule has 1 atom stereocenters. The molecule has 0 aliphatic heterocycles. The highest BCUT2D eigenvalue weighted by molar-refractivity contribution is 7.91. The topological polar surface area (TPSA) is 66.8 Å². The molecule has 0 bridgehead atoms. The predicted octanol–water partition coefficient (Wildman–Crippen LogP) is 1.68. The maximum atomic E-state index is 12.7. The first-order valence-electron chi connectivity index (χ1n) is 6.69. The van der Waals surface area contributed by atoms with Gasteiger partial charge in [-0.15, -0.1) is 11.3 Å². The van der Waals surface area contributed by atoms with Gasteiger partial charge in [-0.2, -0.15) is 4.31 Å². The molecule has 0 radical (unpaired) electrons. The van der Waals surface area contributed by atoms with Gasteiger partial charge >= 0.3 is 0 Å². The number of methoxy groups -OCH3 is 1. The van der Waals surface area contributed by atoms with Crippen molar-refractivity contribution in [3.8, 4) is 0 Å².